The highest BCUT2D eigenvalue weighted by Gasteiger charge is 2.35. The quantitative estimate of drug-likeness (QED) is 0.806. The highest BCUT2D eigenvalue weighted by Crippen LogP contribution is 2.25. The van der Waals surface area contributed by atoms with Crippen LogP contribution >= 0.6 is 0 Å². The van der Waals surface area contributed by atoms with E-state index >= 15 is 0 Å². The minimum absolute atomic E-state index is 0.336. The second kappa shape index (κ2) is 5.25. The zero-order chi connectivity index (χ0) is 12.5. The molecule has 0 spiro atoms. The summed E-state index contributed by atoms with van der Waals surface area (Å²) in [6.07, 6.45) is 3.99. The molecule has 2 aliphatic rings. The summed E-state index contributed by atoms with van der Waals surface area (Å²) < 4.78 is 0. The van der Waals surface area contributed by atoms with Gasteiger partial charge in [0.2, 0.25) is 0 Å². The van der Waals surface area contributed by atoms with Crippen molar-refractivity contribution in [2.24, 2.45) is 0 Å². The van der Waals surface area contributed by atoms with Crippen LogP contribution in [0.5, 0.6) is 0 Å². The largest absolute Gasteiger partial charge is 0.310 e. The number of nitrogens with zero attached hydrogens (tertiary/aromatic N) is 2. The fourth-order valence-electron chi connectivity index (χ4n) is 3.36. The van der Waals surface area contributed by atoms with Gasteiger partial charge in [0.15, 0.2) is 0 Å². The number of likely N-dealkylation sites (N-methyl/N-ethyl adjacent to an activating group) is 1. The summed E-state index contributed by atoms with van der Waals surface area (Å²) in [6.45, 7) is 11.9. The maximum Gasteiger partial charge on any atom is 0.0238 e. The Morgan fingerprint density at radius 3 is 2.35 bits per heavy atom. The molecule has 0 amide bonds. The van der Waals surface area contributed by atoms with E-state index in [2.05, 4.69) is 42.9 Å². The van der Waals surface area contributed by atoms with Crippen molar-refractivity contribution in [2.45, 2.75) is 57.7 Å². The lowest BCUT2D eigenvalue weighted by atomic mass is 9.97. The van der Waals surface area contributed by atoms with Crippen molar-refractivity contribution >= 4 is 0 Å². The van der Waals surface area contributed by atoms with Gasteiger partial charge in [-0.2, -0.15) is 0 Å². The standard InChI is InChI=1S/C14H29N3/c1-5-17-8-6-12(7-9-17)16(4)13-10-14(2,3)15-11-13/h12-13,15H,5-11H2,1-4H3. The maximum absolute atomic E-state index is 3.63. The molecule has 1 unspecified atom stereocenters. The second-order valence-electron chi connectivity index (χ2n) is 6.45. The zero-order valence-electron chi connectivity index (χ0n) is 12.0. The molecule has 2 fully saturated rings. The van der Waals surface area contributed by atoms with Crippen LogP contribution in [0.2, 0.25) is 0 Å². The SMILES string of the molecule is CCN1CCC(N(C)C2CNC(C)(C)C2)CC1. The lowest BCUT2D eigenvalue weighted by molar-refractivity contribution is 0.102. The number of rotatable bonds is 3. The van der Waals surface area contributed by atoms with E-state index < -0.39 is 0 Å². The molecule has 3 nitrogen and oxygen atoms in total. The molecule has 0 aromatic rings. The molecule has 2 rings (SSSR count). The molecule has 3 heteroatoms. The van der Waals surface area contributed by atoms with Crippen LogP contribution in [-0.2, 0) is 0 Å². The van der Waals surface area contributed by atoms with Crippen molar-refractivity contribution in [1.29, 1.82) is 0 Å². The number of hydrogen-bond donors (Lipinski definition) is 1. The summed E-state index contributed by atoms with van der Waals surface area (Å²) in [5.41, 5.74) is 0.336. The number of likely N-dealkylation sites (tertiary alicyclic amines) is 1. The minimum Gasteiger partial charge on any atom is -0.310 e. The van der Waals surface area contributed by atoms with Gasteiger partial charge in [-0.3, -0.25) is 4.90 Å². The molecule has 100 valence electrons. The van der Waals surface area contributed by atoms with Gasteiger partial charge < -0.3 is 10.2 Å². The van der Waals surface area contributed by atoms with Crippen LogP contribution in [0.25, 0.3) is 0 Å². The highest BCUT2D eigenvalue weighted by molar-refractivity contribution is 4.95. The van der Waals surface area contributed by atoms with Crippen molar-refractivity contribution in [1.82, 2.24) is 15.1 Å². The van der Waals surface area contributed by atoms with E-state index in [1.807, 2.05) is 0 Å². The molecule has 0 bridgehead atoms. The van der Waals surface area contributed by atoms with Gasteiger partial charge in [0.25, 0.3) is 0 Å². The third-order valence-corrected chi connectivity index (χ3v) is 4.72. The smallest absolute Gasteiger partial charge is 0.0238 e. The van der Waals surface area contributed by atoms with Crippen molar-refractivity contribution in [3.05, 3.63) is 0 Å². The zero-order valence-corrected chi connectivity index (χ0v) is 12.0. The van der Waals surface area contributed by atoms with Crippen LogP contribution in [0.1, 0.15) is 40.0 Å². The molecule has 2 saturated heterocycles. The van der Waals surface area contributed by atoms with Crippen LogP contribution in [-0.4, -0.2) is 60.6 Å². The summed E-state index contributed by atoms with van der Waals surface area (Å²) >= 11 is 0. The van der Waals surface area contributed by atoms with E-state index in [1.165, 1.54) is 38.9 Å². The Morgan fingerprint density at radius 2 is 1.88 bits per heavy atom. The molecular formula is C14H29N3. The van der Waals surface area contributed by atoms with E-state index in [0.29, 0.717) is 5.54 Å². The van der Waals surface area contributed by atoms with Gasteiger partial charge in [0.05, 0.1) is 0 Å². The predicted octanol–water partition coefficient (Wildman–Crippen LogP) is 1.54. The molecule has 1 atom stereocenters. The molecule has 0 saturated carbocycles. The first-order chi connectivity index (χ1) is 8.02. The fourth-order valence-corrected chi connectivity index (χ4v) is 3.36. The Morgan fingerprint density at radius 1 is 1.24 bits per heavy atom. The van der Waals surface area contributed by atoms with E-state index in [4.69, 9.17) is 0 Å². The summed E-state index contributed by atoms with van der Waals surface area (Å²) in [7, 11) is 2.33. The van der Waals surface area contributed by atoms with Gasteiger partial charge in [-0.15, -0.1) is 0 Å². The molecule has 2 heterocycles. The van der Waals surface area contributed by atoms with Crippen molar-refractivity contribution in [3.8, 4) is 0 Å². The molecule has 0 radical (unpaired) electrons. The third-order valence-electron chi connectivity index (χ3n) is 4.72. The third kappa shape index (κ3) is 3.21. The molecular weight excluding hydrogens is 210 g/mol. The fraction of sp³-hybridized carbons (Fsp3) is 1.00. The summed E-state index contributed by atoms with van der Waals surface area (Å²) in [6, 6.07) is 1.54. The average Bonchev–Trinajstić information content (AvgIpc) is 2.69. The molecule has 1 N–H and O–H groups in total. The van der Waals surface area contributed by atoms with Gasteiger partial charge in [0, 0.05) is 24.2 Å². The first kappa shape index (κ1) is 13.3. The van der Waals surface area contributed by atoms with Crippen LogP contribution < -0.4 is 5.32 Å². The Hall–Kier alpha value is -0.120. The summed E-state index contributed by atoms with van der Waals surface area (Å²) in [5.74, 6) is 0. The Kier molecular flexibility index (Phi) is 4.11. The van der Waals surface area contributed by atoms with E-state index in [0.717, 1.165) is 18.6 Å². The lowest BCUT2D eigenvalue weighted by Crippen LogP contribution is -2.47. The first-order valence-corrected chi connectivity index (χ1v) is 7.21. The summed E-state index contributed by atoms with van der Waals surface area (Å²) in [5, 5.41) is 3.63. The Balaban J connectivity index is 1.83. The number of nitrogens with one attached hydrogen (secondary N) is 1. The van der Waals surface area contributed by atoms with E-state index in [-0.39, 0.29) is 0 Å². The van der Waals surface area contributed by atoms with Crippen molar-refractivity contribution in [3.63, 3.8) is 0 Å². The van der Waals surface area contributed by atoms with Crippen LogP contribution in [0.3, 0.4) is 0 Å². The first-order valence-electron chi connectivity index (χ1n) is 7.21. The van der Waals surface area contributed by atoms with Gasteiger partial charge in [-0.1, -0.05) is 6.92 Å². The number of hydrogen-bond acceptors (Lipinski definition) is 3. The predicted molar refractivity (Wildman–Crippen MR) is 73.4 cm³/mol. The van der Waals surface area contributed by atoms with Crippen molar-refractivity contribution < 1.29 is 0 Å². The topological polar surface area (TPSA) is 18.5 Å². The van der Waals surface area contributed by atoms with Gasteiger partial charge in [-0.25, -0.2) is 0 Å². The van der Waals surface area contributed by atoms with Gasteiger partial charge in [0.1, 0.15) is 0 Å². The molecule has 17 heavy (non-hydrogen) atoms. The average molecular weight is 239 g/mol. The lowest BCUT2D eigenvalue weighted by Gasteiger charge is -2.39. The van der Waals surface area contributed by atoms with Crippen LogP contribution in [0.4, 0.5) is 0 Å². The molecule has 0 aromatic carbocycles. The van der Waals surface area contributed by atoms with Crippen LogP contribution in [0.15, 0.2) is 0 Å². The Bertz CT molecular complexity index is 244. The van der Waals surface area contributed by atoms with E-state index in [9.17, 15) is 0 Å². The van der Waals surface area contributed by atoms with Crippen LogP contribution in [0, 0.1) is 0 Å². The monoisotopic (exact) mass is 239 g/mol. The molecule has 0 aliphatic carbocycles. The maximum atomic E-state index is 3.63. The number of piperidine rings is 1. The normalized spacial score (nSPS) is 31.2. The van der Waals surface area contributed by atoms with Gasteiger partial charge >= 0.3 is 0 Å². The molecule has 2 aliphatic heterocycles. The highest BCUT2D eigenvalue weighted by atomic mass is 15.2. The van der Waals surface area contributed by atoms with Gasteiger partial charge in [-0.05, 0) is 59.8 Å². The second-order valence-corrected chi connectivity index (χ2v) is 6.45. The molecule has 0 aromatic heterocycles. The van der Waals surface area contributed by atoms with Crippen molar-refractivity contribution in [2.75, 3.05) is 33.2 Å². The summed E-state index contributed by atoms with van der Waals surface area (Å²) in [4.78, 5) is 5.22. The Labute approximate surface area is 107 Å². The van der Waals surface area contributed by atoms with E-state index in [1.54, 1.807) is 0 Å². The minimum atomic E-state index is 0.336.